The lowest BCUT2D eigenvalue weighted by Gasteiger charge is -2.02. The van der Waals surface area contributed by atoms with Gasteiger partial charge in [0.2, 0.25) is 0 Å². The fraction of sp³-hybridized carbons (Fsp3) is 0.286. The van der Waals surface area contributed by atoms with E-state index in [2.05, 4.69) is 4.74 Å². The topological polar surface area (TPSA) is 52.6 Å². The summed E-state index contributed by atoms with van der Waals surface area (Å²) in [7, 11) is 0. The molecule has 0 radical (unpaired) electrons. The van der Waals surface area contributed by atoms with Crippen LogP contribution in [0.15, 0.2) is 30.4 Å². The Morgan fingerprint density at radius 3 is 2.30 bits per heavy atom. The van der Waals surface area contributed by atoms with E-state index in [1.807, 2.05) is 6.92 Å². The second-order valence-electron chi connectivity index (χ2n) is 3.88. The van der Waals surface area contributed by atoms with E-state index in [1.54, 1.807) is 0 Å². The summed E-state index contributed by atoms with van der Waals surface area (Å²) < 4.78 is 35.1. The van der Waals surface area contributed by atoms with Gasteiger partial charge in [-0.15, -0.1) is 0 Å². The van der Waals surface area contributed by atoms with Crippen LogP contribution < -0.4 is 4.74 Å². The number of benzene rings is 1. The molecule has 0 spiro atoms. The molecule has 6 heteroatoms. The van der Waals surface area contributed by atoms with Crippen LogP contribution in [0.4, 0.5) is 8.78 Å². The van der Waals surface area contributed by atoms with Crippen molar-refractivity contribution in [1.82, 2.24) is 0 Å². The molecular weight excluding hydrogens is 270 g/mol. The number of unbranched alkanes of at least 4 members (excludes halogenated alkanes) is 1. The van der Waals surface area contributed by atoms with Gasteiger partial charge in [-0.25, -0.2) is 18.4 Å². The molecule has 0 aliphatic rings. The van der Waals surface area contributed by atoms with E-state index in [0.717, 1.165) is 37.1 Å². The Labute approximate surface area is 115 Å². The maximum absolute atomic E-state index is 12.8. The first-order valence-electron chi connectivity index (χ1n) is 6.04. The predicted molar refractivity (Wildman–Crippen MR) is 67.0 cm³/mol. The van der Waals surface area contributed by atoms with E-state index >= 15 is 0 Å². The van der Waals surface area contributed by atoms with Crippen LogP contribution in [0.25, 0.3) is 0 Å². The molecule has 1 rings (SSSR count). The Bertz CT molecular complexity index is 492. The molecule has 0 unspecified atom stereocenters. The van der Waals surface area contributed by atoms with Crippen molar-refractivity contribution in [2.45, 2.75) is 19.8 Å². The first-order chi connectivity index (χ1) is 9.51. The highest BCUT2D eigenvalue weighted by Gasteiger charge is 2.06. The number of carbonyl (C=O) groups excluding carboxylic acids is 2. The van der Waals surface area contributed by atoms with Gasteiger partial charge in [-0.1, -0.05) is 13.3 Å². The minimum Gasteiger partial charge on any atom is -0.463 e. The molecule has 108 valence electrons. The molecule has 0 aliphatic heterocycles. The third-order valence-corrected chi connectivity index (χ3v) is 2.15. The third-order valence-electron chi connectivity index (χ3n) is 2.15. The average Bonchev–Trinajstić information content (AvgIpc) is 2.35. The van der Waals surface area contributed by atoms with Gasteiger partial charge < -0.3 is 9.47 Å². The molecule has 0 atom stereocenters. The lowest BCUT2D eigenvalue weighted by Crippen LogP contribution is -2.07. The first kappa shape index (κ1) is 15.8. The number of halogens is 2. The highest BCUT2D eigenvalue weighted by atomic mass is 19.1. The van der Waals surface area contributed by atoms with Crippen LogP contribution in [0.5, 0.6) is 5.75 Å². The summed E-state index contributed by atoms with van der Waals surface area (Å²) in [6.45, 7) is 2.21. The van der Waals surface area contributed by atoms with Crippen molar-refractivity contribution in [2.75, 3.05) is 6.61 Å². The number of hydrogen-bond acceptors (Lipinski definition) is 4. The maximum atomic E-state index is 12.8. The van der Waals surface area contributed by atoms with Crippen LogP contribution in [0.2, 0.25) is 0 Å². The van der Waals surface area contributed by atoms with Crippen molar-refractivity contribution in [3.63, 3.8) is 0 Å². The maximum Gasteiger partial charge on any atom is 0.336 e. The van der Waals surface area contributed by atoms with E-state index in [0.29, 0.717) is 6.07 Å². The summed E-state index contributed by atoms with van der Waals surface area (Å²) >= 11 is 0. The van der Waals surface area contributed by atoms with Crippen molar-refractivity contribution in [1.29, 1.82) is 0 Å². The number of esters is 2. The number of carbonyl (C=O) groups is 2. The first-order valence-corrected chi connectivity index (χ1v) is 6.04. The Balaban J connectivity index is 2.48. The van der Waals surface area contributed by atoms with Gasteiger partial charge in [0, 0.05) is 30.4 Å². The smallest absolute Gasteiger partial charge is 0.336 e. The molecule has 0 saturated heterocycles. The van der Waals surface area contributed by atoms with Crippen molar-refractivity contribution < 1.29 is 27.8 Å². The van der Waals surface area contributed by atoms with Crippen LogP contribution in [0, 0.1) is 11.6 Å². The molecule has 1 aromatic carbocycles. The van der Waals surface area contributed by atoms with E-state index < -0.39 is 23.6 Å². The number of hydrogen-bond donors (Lipinski definition) is 0. The zero-order chi connectivity index (χ0) is 15.0. The molecule has 0 N–H and O–H groups in total. The largest absolute Gasteiger partial charge is 0.463 e. The minimum absolute atomic E-state index is 0.268. The third kappa shape index (κ3) is 6.08. The van der Waals surface area contributed by atoms with Crippen molar-refractivity contribution in [3.05, 3.63) is 42.0 Å². The van der Waals surface area contributed by atoms with Crippen molar-refractivity contribution >= 4 is 11.9 Å². The second-order valence-corrected chi connectivity index (χ2v) is 3.88. The van der Waals surface area contributed by atoms with Gasteiger partial charge in [-0.2, -0.15) is 0 Å². The average molecular weight is 284 g/mol. The van der Waals surface area contributed by atoms with E-state index in [4.69, 9.17) is 4.74 Å². The molecule has 4 nitrogen and oxygen atoms in total. The summed E-state index contributed by atoms with van der Waals surface area (Å²) in [5, 5.41) is 0. The van der Waals surface area contributed by atoms with E-state index in [9.17, 15) is 18.4 Å². The zero-order valence-electron chi connectivity index (χ0n) is 10.9. The van der Waals surface area contributed by atoms with Crippen LogP contribution in [-0.2, 0) is 14.3 Å². The molecule has 0 aromatic heterocycles. The second kappa shape index (κ2) is 8.04. The molecule has 0 amide bonds. The molecule has 0 aliphatic carbocycles. The molecule has 1 aromatic rings. The molecule has 0 saturated carbocycles. The highest BCUT2D eigenvalue weighted by molar-refractivity contribution is 5.92. The molecule has 0 heterocycles. The van der Waals surface area contributed by atoms with Crippen LogP contribution in [-0.4, -0.2) is 18.5 Å². The lowest BCUT2D eigenvalue weighted by molar-refractivity contribution is -0.138. The molecular formula is C14H14F2O4. The molecule has 0 bridgehead atoms. The van der Waals surface area contributed by atoms with Crippen LogP contribution >= 0.6 is 0 Å². The minimum atomic E-state index is -0.928. The number of rotatable bonds is 6. The Morgan fingerprint density at radius 1 is 1.10 bits per heavy atom. The fourth-order valence-corrected chi connectivity index (χ4v) is 1.24. The van der Waals surface area contributed by atoms with Gasteiger partial charge in [0.1, 0.15) is 17.4 Å². The quantitative estimate of drug-likeness (QED) is 0.349. The van der Waals surface area contributed by atoms with Gasteiger partial charge in [0.05, 0.1) is 6.61 Å². The summed E-state index contributed by atoms with van der Waals surface area (Å²) in [4.78, 5) is 22.5. The van der Waals surface area contributed by atoms with Crippen molar-refractivity contribution in [2.24, 2.45) is 0 Å². The summed E-state index contributed by atoms with van der Waals surface area (Å²) in [6, 6.07) is 2.36. The van der Waals surface area contributed by atoms with E-state index in [1.165, 1.54) is 0 Å². The Kier molecular flexibility index (Phi) is 6.36. The van der Waals surface area contributed by atoms with Gasteiger partial charge in [0.25, 0.3) is 0 Å². The zero-order valence-corrected chi connectivity index (χ0v) is 10.9. The SMILES string of the molecule is CCCCOC(=O)/C=C/C(=O)Oc1cc(F)cc(F)c1. The predicted octanol–water partition coefficient (Wildman–Crippen LogP) is 2.77. The monoisotopic (exact) mass is 284 g/mol. The summed E-state index contributed by atoms with van der Waals surface area (Å²) in [6.07, 6.45) is 3.33. The highest BCUT2D eigenvalue weighted by Crippen LogP contribution is 2.15. The normalized spacial score (nSPS) is 10.6. The van der Waals surface area contributed by atoms with Gasteiger partial charge in [-0.3, -0.25) is 0 Å². The molecule has 0 fully saturated rings. The van der Waals surface area contributed by atoms with Gasteiger partial charge >= 0.3 is 11.9 Å². The lowest BCUT2D eigenvalue weighted by atomic mass is 10.3. The fourth-order valence-electron chi connectivity index (χ4n) is 1.24. The van der Waals surface area contributed by atoms with Gasteiger partial charge in [0.15, 0.2) is 0 Å². The van der Waals surface area contributed by atoms with Crippen LogP contribution in [0.3, 0.4) is 0 Å². The van der Waals surface area contributed by atoms with Gasteiger partial charge in [-0.05, 0) is 6.42 Å². The van der Waals surface area contributed by atoms with E-state index in [-0.39, 0.29) is 12.4 Å². The number of ether oxygens (including phenoxy) is 2. The Morgan fingerprint density at radius 2 is 1.70 bits per heavy atom. The molecule has 20 heavy (non-hydrogen) atoms. The van der Waals surface area contributed by atoms with Crippen LogP contribution in [0.1, 0.15) is 19.8 Å². The summed E-state index contributed by atoms with van der Waals surface area (Å²) in [5.41, 5.74) is 0. The van der Waals surface area contributed by atoms with Crippen molar-refractivity contribution in [3.8, 4) is 5.75 Å². The summed E-state index contributed by atoms with van der Waals surface area (Å²) in [5.74, 6) is -3.62. The Hall–Kier alpha value is -2.24. The standard InChI is InChI=1S/C14H14F2O4/c1-2-3-6-19-13(17)4-5-14(18)20-12-8-10(15)7-11(16)9-12/h4-5,7-9H,2-3,6H2,1H3/b5-4+.